The number of hydrogen-bond donors (Lipinski definition) is 1. The van der Waals surface area contributed by atoms with Gasteiger partial charge in [-0.1, -0.05) is 6.58 Å². The topological polar surface area (TPSA) is 15.3 Å². The molecule has 0 radical (unpaired) electrons. The SMILES string of the molecule is C=C(CCCl)N(C)NC. The summed E-state index contributed by atoms with van der Waals surface area (Å²) < 4.78 is 0. The van der Waals surface area contributed by atoms with Crippen LogP contribution in [-0.2, 0) is 0 Å². The van der Waals surface area contributed by atoms with E-state index in [4.69, 9.17) is 11.6 Å². The van der Waals surface area contributed by atoms with E-state index in [9.17, 15) is 0 Å². The fourth-order valence-corrected chi connectivity index (χ4v) is 0.653. The van der Waals surface area contributed by atoms with E-state index in [0.29, 0.717) is 5.88 Å². The minimum atomic E-state index is 0.630. The second-order valence-corrected chi connectivity index (χ2v) is 2.17. The maximum Gasteiger partial charge on any atom is 0.0278 e. The minimum Gasteiger partial charge on any atom is -0.316 e. The van der Waals surface area contributed by atoms with E-state index in [1.54, 1.807) is 0 Å². The first-order chi connectivity index (χ1) is 4.22. The molecule has 0 aromatic heterocycles. The predicted molar refractivity (Wildman–Crippen MR) is 41.3 cm³/mol. The number of alkyl halides is 1. The van der Waals surface area contributed by atoms with Crippen LogP contribution in [0.25, 0.3) is 0 Å². The van der Waals surface area contributed by atoms with Crippen LogP contribution in [0.1, 0.15) is 6.42 Å². The van der Waals surface area contributed by atoms with Gasteiger partial charge in [0.1, 0.15) is 0 Å². The highest BCUT2D eigenvalue weighted by Crippen LogP contribution is 2.00. The Morgan fingerprint density at radius 2 is 2.33 bits per heavy atom. The van der Waals surface area contributed by atoms with E-state index in [1.807, 2.05) is 19.1 Å². The summed E-state index contributed by atoms with van der Waals surface area (Å²) in [5.41, 5.74) is 3.93. The molecule has 0 heterocycles. The third-order valence-electron chi connectivity index (χ3n) is 1.19. The van der Waals surface area contributed by atoms with Crippen LogP contribution in [0, 0.1) is 0 Å². The lowest BCUT2D eigenvalue weighted by molar-refractivity contribution is 0.325. The van der Waals surface area contributed by atoms with E-state index < -0.39 is 0 Å². The van der Waals surface area contributed by atoms with Crippen LogP contribution in [0.5, 0.6) is 0 Å². The van der Waals surface area contributed by atoms with Crippen molar-refractivity contribution < 1.29 is 0 Å². The number of allylic oxidation sites excluding steroid dienone is 1. The van der Waals surface area contributed by atoms with E-state index in [0.717, 1.165) is 12.1 Å². The third-order valence-corrected chi connectivity index (χ3v) is 1.38. The van der Waals surface area contributed by atoms with Crippen LogP contribution in [0.2, 0.25) is 0 Å². The van der Waals surface area contributed by atoms with Crippen LogP contribution in [0.15, 0.2) is 12.3 Å². The number of halogens is 1. The smallest absolute Gasteiger partial charge is 0.0278 e. The lowest BCUT2D eigenvalue weighted by Crippen LogP contribution is -2.29. The second kappa shape index (κ2) is 4.65. The molecule has 0 aliphatic heterocycles. The zero-order valence-corrected chi connectivity index (χ0v) is 6.70. The van der Waals surface area contributed by atoms with Crippen LogP contribution in [-0.4, -0.2) is 25.0 Å². The molecule has 0 fully saturated rings. The van der Waals surface area contributed by atoms with E-state index >= 15 is 0 Å². The maximum atomic E-state index is 5.48. The summed E-state index contributed by atoms with van der Waals surface area (Å²) in [5, 5.41) is 1.85. The standard InChI is InChI=1S/C6H13ClN2/c1-6(4-5-7)9(3)8-2/h8H,1,4-5H2,2-3H3. The molecule has 0 bridgehead atoms. The summed E-state index contributed by atoms with van der Waals surface area (Å²) >= 11 is 5.48. The van der Waals surface area contributed by atoms with E-state index in [1.165, 1.54) is 0 Å². The Labute approximate surface area is 61.5 Å². The number of nitrogens with one attached hydrogen (secondary N) is 1. The lowest BCUT2D eigenvalue weighted by atomic mass is 10.4. The summed E-state index contributed by atoms with van der Waals surface area (Å²) in [5.74, 6) is 0.630. The molecular weight excluding hydrogens is 136 g/mol. The summed E-state index contributed by atoms with van der Waals surface area (Å²) in [6, 6.07) is 0. The van der Waals surface area contributed by atoms with Crippen LogP contribution >= 0.6 is 11.6 Å². The molecule has 3 heteroatoms. The normalized spacial score (nSPS) is 9.22. The van der Waals surface area contributed by atoms with Crippen LogP contribution in [0.3, 0.4) is 0 Å². The van der Waals surface area contributed by atoms with E-state index in [-0.39, 0.29) is 0 Å². The van der Waals surface area contributed by atoms with Crippen LogP contribution in [0.4, 0.5) is 0 Å². The summed E-state index contributed by atoms with van der Waals surface area (Å²) in [6.07, 6.45) is 0.832. The number of hydrazine groups is 1. The van der Waals surface area contributed by atoms with Gasteiger partial charge in [0.15, 0.2) is 0 Å². The van der Waals surface area contributed by atoms with Crippen molar-refractivity contribution in [2.24, 2.45) is 0 Å². The molecule has 0 aliphatic rings. The third kappa shape index (κ3) is 3.38. The molecule has 0 amide bonds. The summed E-state index contributed by atoms with van der Waals surface area (Å²) in [7, 11) is 3.76. The molecule has 0 aliphatic carbocycles. The highest BCUT2D eigenvalue weighted by Gasteiger charge is 1.95. The van der Waals surface area contributed by atoms with Gasteiger partial charge in [0.25, 0.3) is 0 Å². The second-order valence-electron chi connectivity index (χ2n) is 1.79. The Morgan fingerprint density at radius 3 is 2.67 bits per heavy atom. The molecule has 54 valence electrons. The van der Waals surface area contributed by atoms with Gasteiger partial charge in [0, 0.05) is 32.1 Å². The Hall–Kier alpha value is -0.210. The quantitative estimate of drug-likeness (QED) is 0.476. The number of hydrogen-bond acceptors (Lipinski definition) is 2. The Bertz CT molecular complexity index is 93.1. The molecule has 0 aromatic rings. The Kier molecular flexibility index (Phi) is 4.54. The van der Waals surface area contributed by atoms with Crippen molar-refractivity contribution >= 4 is 11.6 Å². The van der Waals surface area contributed by atoms with Gasteiger partial charge in [-0.2, -0.15) is 0 Å². The number of nitrogens with zero attached hydrogens (tertiary/aromatic N) is 1. The molecule has 0 unspecified atom stereocenters. The first-order valence-corrected chi connectivity index (χ1v) is 3.40. The summed E-state index contributed by atoms with van der Waals surface area (Å²) in [4.78, 5) is 0. The van der Waals surface area contributed by atoms with Crippen molar-refractivity contribution in [3.05, 3.63) is 12.3 Å². The molecule has 0 atom stereocenters. The Morgan fingerprint density at radius 1 is 1.78 bits per heavy atom. The van der Waals surface area contributed by atoms with Gasteiger partial charge < -0.3 is 5.01 Å². The average molecular weight is 149 g/mol. The zero-order chi connectivity index (χ0) is 7.28. The van der Waals surface area contributed by atoms with Crippen molar-refractivity contribution in [3.8, 4) is 0 Å². The molecule has 1 N–H and O–H groups in total. The van der Waals surface area contributed by atoms with Crippen LogP contribution < -0.4 is 5.43 Å². The fraction of sp³-hybridized carbons (Fsp3) is 0.667. The molecule has 0 saturated heterocycles. The van der Waals surface area contributed by atoms with Gasteiger partial charge in [-0.3, -0.25) is 0 Å². The highest BCUT2D eigenvalue weighted by molar-refractivity contribution is 6.17. The van der Waals surface area contributed by atoms with Gasteiger partial charge in [-0.25, -0.2) is 5.43 Å². The predicted octanol–water partition coefficient (Wildman–Crippen LogP) is 1.20. The lowest BCUT2D eigenvalue weighted by Gasteiger charge is -2.18. The highest BCUT2D eigenvalue weighted by atomic mass is 35.5. The molecule has 0 saturated carbocycles. The van der Waals surface area contributed by atoms with Crippen molar-refractivity contribution in [3.63, 3.8) is 0 Å². The van der Waals surface area contributed by atoms with E-state index in [2.05, 4.69) is 12.0 Å². The van der Waals surface area contributed by atoms with Crippen molar-refractivity contribution in [1.29, 1.82) is 0 Å². The summed E-state index contributed by atoms with van der Waals surface area (Å²) in [6.45, 7) is 3.79. The van der Waals surface area contributed by atoms with Crippen molar-refractivity contribution in [2.75, 3.05) is 20.0 Å². The average Bonchev–Trinajstić information content (AvgIpc) is 1.87. The van der Waals surface area contributed by atoms with Gasteiger partial charge in [0.2, 0.25) is 0 Å². The molecule has 0 rings (SSSR count). The molecule has 2 nitrogen and oxygen atoms in total. The molecule has 0 spiro atoms. The fourth-order valence-electron chi connectivity index (χ4n) is 0.435. The molecule has 9 heavy (non-hydrogen) atoms. The first-order valence-electron chi connectivity index (χ1n) is 2.87. The van der Waals surface area contributed by atoms with Gasteiger partial charge in [-0.15, -0.1) is 11.6 Å². The monoisotopic (exact) mass is 148 g/mol. The minimum absolute atomic E-state index is 0.630. The van der Waals surface area contributed by atoms with Gasteiger partial charge in [-0.05, 0) is 0 Å². The largest absolute Gasteiger partial charge is 0.316 e. The van der Waals surface area contributed by atoms with Crippen molar-refractivity contribution in [1.82, 2.24) is 10.4 Å². The number of rotatable bonds is 4. The first kappa shape index (κ1) is 8.79. The zero-order valence-electron chi connectivity index (χ0n) is 5.95. The van der Waals surface area contributed by atoms with Gasteiger partial charge in [0.05, 0.1) is 0 Å². The Balaban J connectivity index is 3.46. The van der Waals surface area contributed by atoms with Gasteiger partial charge >= 0.3 is 0 Å². The molecule has 0 aromatic carbocycles. The van der Waals surface area contributed by atoms with Crippen molar-refractivity contribution in [2.45, 2.75) is 6.42 Å². The maximum absolute atomic E-state index is 5.48. The molecular formula is C6H13ClN2.